The van der Waals surface area contributed by atoms with E-state index >= 15 is 0 Å². The Kier molecular flexibility index (Phi) is 5.79. The fraction of sp³-hybridized carbons (Fsp3) is 0.111. The third-order valence-electron chi connectivity index (χ3n) is 11.2. The van der Waals surface area contributed by atoms with Gasteiger partial charge >= 0.3 is 0 Å². The molecule has 0 spiro atoms. The minimum absolute atomic E-state index is 0.128. The summed E-state index contributed by atoms with van der Waals surface area (Å²) in [5.74, 6) is 0.798. The van der Waals surface area contributed by atoms with E-state index in [1.807, 2.05) is 0 Å². The first-order valence-corrected chi connectivity index (χ1v) is 20.2. The molecule has 234 valence electrons. The number of aromatic nitrogens is 3. The van der Waals surface area contributed by atoms with Gasteiger partial charge in [-0.2, -0.15) is 0 Å². The maximum absolute atomic E-state index is 5.34. The number of hydrogen-bond donors (Lipinski definition) is 0. The second-order valence-corrected chi connectivity index (χ2v) is 18.9. The van der Waals surface area contributed by atoms with Gasteiger partial charge in [0.25, 0.3) is 0 Å². The molecule has 0 saturated carbocycles. The topological polar surface area (TPSA) is 30.7 Å². The molecule has 0 N–H and O–H groups in total. The number of rotatable bonds is 3. The Morgan fingerprint density at radius 3 is 2.08 bits per heavy atom. The summed E-state index contributed by atoms with van der Waals surface area (Å²) in [5, 5.41) is 5.23. The van der Waals surface area contributed by atoms with Crippen LogP contribution in [0.3, 0.4) is 0 Å². The molecule has 2 aliphatic rings. The first-order valence-electron chi connectivity index (χ1n) is 17.2. The third-order valence-corrected chi connectivity index (χ3v) is 14.5. The zero-order chi connectivity index (χ0) is 33.1. The fourth-order valence-corrected chi connectivity index (χ4v) is 11.7. The number of fused-ring (bicyclic) bond motifs is 10. The molecule has 0 radical (unpaired) electrons. The Hall–Kier alpha value is -5.58. The summed E-state index contributed by atoms with van der Waals surface area (Å²) in [5.41, 5.74) is 14.7. The predicted molar refractivity (Wildman–Crippen MR) is 207 cm³/mol. The van der Waals surface area contributed by atoms with E-state index in [1.54, 1.807) is 0 Å². The fourth-order valence-electron chi connectivity index (χ4n) is 8.82. The zero-order valence-electron chi connectivity index (χ0n) is 28.1. The average molecular weight is 646 g/mol. The van der Waals surface area contributed by atoms with E-state index in [-0.39, 0.29) is 5.41 Å². The first-order chi connectivity index (χ1) is 23.8. The Morgan fingerprint density at radius 2 is 1.27 bits per heavy atom. The summed E-state index contributed by atoms with van der Waals surface area (Å²) in [6.07, 6.45) is 0. The van der Waals surface area contributed by atoms with Crippen molar-refractivity contribution in [2.75, 3.05) is 0 Å². The van der Waals surface area contributed by atoms with Gasteiger partial charge in [-0.25, -0.2) is 9.97 Å². The molecule has 2 aromatic heterocycles. The lowest BCUT2D eigenvalue weighted by molar-refractivity contribution is 0.664. The molecule has 10 rings (SSSR count). The van der Waals surface area contributed by atoms with Crippen molar-refractivity contribution in [3.05, 3.63) is 151 Å². The molecule has 49 heavy (non-hydrogen) atoms. The summed E-state index contributed by atoms with van der Waals surface area (Å²) in [4.78, 5) is 10.6. The van der Waals surface area contributed by atoms with Crippen LogP contribution in [0.25, 0.3) is 72.4 Å². The van der Waals surface area contributed by atoms with Gasteiger partial charge in [0, 0.05) is 43.9 Å². The second kappa shape index (κ2) is 9.97. The van der Waals surface area contributed by atoms with Crippen molar-refractivity contribution in [2.24, 2.45) is 0 Å². The molecular formula is C45H35N3Si. The highest BCUT2D eigenvalue weighted by Gasteiger charge is 2.42. The molecule has 0 bridgehead atoms. The Bertz CT molecular complexity index is 2650. The molecule has 0 amide bonds. The molecule has 4 heteroatoms. The third kappa shape index (κ3) is 3.83. The monoisotopic (exact) mass is 645 g/mol. The molecule has 3 nitrogen and oxygen atoms in total. The van der Waals surface area contributed by atoms with Gasteiger partial charge in [-0.15, -0.1) is 0 Å². The van der Waals surface area contributed by atoms with Crippen LogP contribution in [-0.2, 0) is 5.41 Å². The zero-order valence-corrected chi connectivity index (χ0v) is 29.1. The Balaban J connectivity index is 1.21. The normalized spacial score (nSPS) is 14.9. The maximum Gasteiger partial charge on any atom is 0.159 e. The minimum Gasteiger partial charge on any atom is -0.309 e. The number of hydrogen-bond acceptors (Lipinski definition) is 2. The van der Waals surface area contributed by atoms with Crippen LogP contribution in [0.15, 0.2) is 140 Å². The largest absolute Gasteiger partial charge is 0.309 e. The Morgan fingerprint density at radius 1 is 0.571 bits per heavy atom. The smallest absolute Gasteiger partial charge is 0.159 e. The molecular weight excluding hydrogens is 611 g/mol. The second-order valence-electron chi connectivity index (χ2n) is 14.6. The molecule has 1 aliphatic heterocycles. The molecule has 1 aliphatic carbocycles. The minimum atomic E-state index is -2.03. The maximum atomic E-state index is 5.34. The number of nitrogens with zero attached hydrogens (tertiary/aromatic N) is 3. The predicted octanol–water partition coefficient (Wildman–Crippen LogP) is 10.0. The number of benzene rings is 6. The van der Waals surface area contributed by atoms with Crippen LogP contribution in [0.2, 0.25) is 13.1 Å². The van der Waals surface area contributed by atoms with Crippen molar-refractivity contribution in [2.45, 2.75) is 32.4 Å². The van der Waals surface area contributed by atoms with Gasteiger partial charge in [-0.05, 0) is 51.2 Å². The van der Waals surface area contributed by atoms with Crippen molar-refractivity contribution in [1.82, 2.24) is 14.5 Å². The quantitative estimate of drug-likeness (QED) is 0.179. The first kappa shape index (κ1) is 28.4. The van der Waals surface area contributed by atoms with Crippen molar-refractivity contribution in [3.63, 3.8) is 0 Å². The van der Waals surface area contributed by atoms with E-state index in [4.69, 9.17) is 9.97 Å². The molecule has 0 fully saturated rings. The van der Waals surface area contributed by atoms with Crippen LogP contribution in [0.1, 0.15) is 25.0 Å². The highest BCUT2D eigenvalue weighted by molar-refractivity contribution is 7.03. The molecule has 6 aromatic carbocycles. The molecule has 3 heterocycles. The van der Waals surface area contributed by atoms with Gasteiger partial charge in [-0.3, -0.25) is 0 Å². The van der Waals surface area contributed by atoms with Crippen molar-refractivity contribution < 1.29 is 0 Å². The molecule has 0 unspecified atom stereocenters. The summed E-state index contributed by atoms with van der Waals surface area (Å²) in [7, 11) is -2.03. The summed E-state index contributed by atoms with van der Waals surface area (Å²) in [6, 6.07) is 50.9. The van der Waals surface area contributed by atoms with E-state index in [1.165, 1.54) is 65.7 Å². The van der Waals surface area contributed by atoms with Crippen LogP contribution in [0.4, 0.5) is 0 Å². The van der Waals surface area contributed by atoms with E-state index in [9.17, 15) is 0 Å². The van der Waals surface area contributed by atoms with Crippen LogP contribution < -0.4 is 10.5 Å². The van der Waals surface area contributed by atoms with Crippen molar-refractivity contribution >= 4 is 40.4 Å². The van der Waals surface area contributed by atoms with Crippen LogP contribution >= 0.6 is 0 Å². The van der Waals surface area contributed by atoms with E-state index in [0.717, 1.165) is 28.3 Å². The van der Waals surface area contributed by atoms with Crippen LogP contribution in [0, 0.1) is 0 Å². The average Bonchev–Trinajstić information content (AvgIpc) is 3.69. The van der Waals surface area contributed by atoms with Gasteiger partial charge in [0.15, 0.2) is 5.82 Å². The van der Waals surface area contributed by atoms with Gasteiger partial charge < -0.3 is 4.57 Å². The Labute approximate surface area is 287 Å². The summed E-state index contributed by atoms with van der Waals surface area (Å²) in [6.45, 7) is 9.61. The van der Waals surface area contributed by atoms with Crippen molar-refractivity contribution in [1.29, 1.82) is 0 Å². The number of para-hydroxylation sites is 1. The van der Waals surface area contributed by atoms with Crippen LogP contribution in [-0.4, -0.2) is 22.6 Å². The molecule has 8 aromatic rings. The lowest BCUT2D eigenvalue weighted by Crippen LogP contribution is -2.50. The SMILES string of the molecule is CC1(C)c2ccccc2-c2ccc3c4ccccc4n(-c4ccc(-c5nc(-c6ccccc6)nc6c5-c5ccccc5[Si]6(C)C)cc4)c3c21. The standard InChI is InChI=1S/C45H35N3Si/c1-45(2)36-19-11-8-16-31(36)33-26-27-34-32-17-9-12-20-37(32)48(42(34)40(33)45)30-24-22-28(23-25-30)41-39-35-18-10-13-21-38(35)49(3,4)44(39)47-43(46-41)29-14-6-5-7-15-29/h5-27H,1-4H3. The van der Waals surface area contributed by atoms with Gasteiger partial charge in [0.05, 0.1) is 16.7 Å². The summed E-state index contributed by atoms with van der Waals surface area (Å²) >= 11 is 0. The van der Waals surface area contributed by atoms with E-state index < -0.39 is 8.07 Å². The lowest BCUT2D eigenvalue weighted by Gasteiger charge is -2.23. The highest BCUT2D eigenvalue weighted by Crippen LogP contribution is 2.53. The van der Waals surface area contributed by atoms with Gasteiger partial charge in [0.1, 0.15) is 8.07 Å². The van der Waals surface area contributed by atoms with Gasteiger partial charge in [-0.1, -0.05) is 148 Å². The lowest BCUT2D eigenvalue weighted by atomic mass is 9.81. The van der Waals surface area contributed by atoms with Gasteiger partial charge in [0.2, 0.25) is 0 Å². The van der Waals surface area contributed by atoms with Crippen LogP contribution in [0.5, 0.6) is 0 Å². The molecule has 0 saturated heterocycles. The molecule has 0 atom stereocenters. The van der Waals surface area contributed by atoms with E-state index in [2.05, 4.69) is 171 Å². The van der Waals surface area contributed by atoms with E-state index in [0.29, 0.717) is 0 Å². The van der Waals surface area contributed by atoms with Crippen molar-refractivity contribution in [3.8, 4) is 50.6 Å². The highest BCUT2D eigenvalue weighted by atomic mass is 28.3. The summed E-state index contributed by atoms with van der Waals surface area (Å²) < 4.78 is 2.49.